The van der Waals surface area contributed by atoms with Crippen LogP contribution in [0.15, 0.2) is 30.3 Å². The van der Waals surface area contributed by atoms with Crippen molar-refractivity contribution in [1.82, 2.24) is 0 Å². The Morgan fingerprint density at radius 2 is 1.81 bits per heavy atom. The number of anilines is 1. The van der Waals surface area contributed by atoms with Gasteiger partial charge in [0.15, 0.2) is 11.5 Å². The fraction of sp³-hybridized carbons (Fsp3) is 0.480. The van der Waals surface area contributed by atoms with Gasteiger partial charge in [-0.25, -0.2) is 0 Å². The van der Waals surface area contributed by atoms with Gasteiger partial charge in [-0.2, -0.15) is 0 Å². The molecule has 1 spiro atoms. The Morgan fingerprint density at radius 3 is 2.52 bits per heavy atom. The molecule has 0 bridgehead atoms. The molecule has 0 unspecified atom stereocenters. The minimum atomic E-state index is -1.34. The summed E-state index contributed by atoms with van der Waals surface area (Å²) in [5, 5.41) is 0. The molecule has 1 fully saturated rings. The van der Waals surface area contributed by atoms with Gasteiger partial charge in [-0.15, -0.1) is 0 Å². The van der Waals surface area contributed by atoms with Crippen molar-refractivity contribution in [2.45, 2.75) is 52.4 Å². The zero-order valence-electron chi connectivity index (χ0n) is 18.8. The number of methoxy groups -OCH3 is 1. The summed E-state index contributed by atoms with van der Waals surface area (Å²) in [5.41, 5.74) is 4.69. The van der Waals surface area contributed by atoms with Crippen molar-refractivity contribution in [3.63, 3.8) is 0 Å². The normalized spacial score (nSPS) is 17.2. The molecule has 2 aromatic carbocycles. The van der Waals surface area contributed by atoms with E-state index in [2.05, 4.69) is 6.92 Å². The Labute approximate surface area is 184 Å². The highest BCUT2D eigenvalue weighted by Crippen LogP contribution is 2.49. The lowest BCUT2D eigenvalue weighted by atomic mass is 9.97. The number of amides is 1. The first-order valence-corrected chi connectivity index (χ1v) is 11.0. The lowest BCUT2D eigenvalue weighted by Gasteiger charge is -2.33. The average molecular weight is 426 g/mol. The fourth-order valence-corrected chi connectivity index (χ4v) is 4.34. The molecule has 6 heteroatoms. The van der Waals surface area contributed by atoms with Crippen molar-refractivity contribution < 1.29 is 23.7 Å². The molecule has 2 aliphatic heterocycles. The van der Waals surface area contributed by atoms with Gasteiger partial charge in [-0.05, 0) is 55.5 Å². The summed E-state index contributed by atoms with van der Waals surface area (Å²) in [7, 11) is 1.63. The first kappa shape index (κ1) is 21.7. The molecule has 6 nitrogen and oxygen atoms in total. The highest BCUT2D eigenvalue weighted by atomic mass is 16.7. The second-order valence-electron chi connectivity index (χ2n) is 8.17. The number of ether oxygens (including phenoxy) is 4. The van der Waals surface area contributed by atoms with Crippen molar-refractivity contribution >= 4 is 11.6 Å². The molecule has 166 valence electrons. The van der Waals surface area contributed by atoms with Crippen LogP contribution in [0.4, 0.5) is 5.69 Å². The number of unbranched alkanes of at least 4 members (excludes halogenated alkanes) is 1. The average Bonchev–Trinajstić information content (AvgIpc) is 3.01. The van der Waals surface area contributed by atoms with Crippen LogP contribution in [-0.2, 0) is 26.6 Å². The van der Waals surface area contributed by atoms with Crippen molar-refractivity contribution in [2.24, 2.45) is 0 Å². The summed E-state index contributed by atoms with van der Waals surface area (Å²) in [6, 6.07) is 9.90. The molecule has 0 N–H and O–H groups in total. The molecule has 0 aliphatic carbocycles. The lowest BCUT2D eigenvalue weighted by molar-refractivity contribution is -0.257. The molecule has 2 heterocycles. The third kappa shape index (κ3) is 3.79. The number of fused-ring (bicyclic) bond motifs is 2. The van der Waals surface area contributed by atoms with Crippen LogP contribution in [0.5, 0.6) is 11.5 Å². The molecule has 2 aliphatic rings. The van der Waals surface area contributed by atoms with Crippen LogP contribution in [0.1, 0.15) is 48.4 Å². The van der Waals surface area contributed by atoms with Crippen molar-refractivity contribution in [1.29, 1.82) is 0 Å². The maximum absolute atomic E-state index is 13.7. The quantitative estimate of drug-likeness (QED) is 0.606. The monoisotopic (exact) mass is 425 g/mol. The summed E-state index contributed by atoms with van der Waals surface area (Å²) in [6.07, 6.45) is 2.85. The maximum Gasteiger partial charge on any atom is 0.292 e. The molecule has 0 aromatic heterocycles. The van der Waals surface area contributed by atoms with Crippen LogP contribution in [0, 0.1) is 13.8 Å². The van der Waals surface area contributed by atoms with Crippen molar-refractivity contribution in [2.75, 3.05) is 31.8 Å². The summed E-state index contributed by atoms with van der Waals surface area (Å²) in [4.78, 5) is 15.5. The molecule has 1 saturated heterocycles. The van der Waals surface area contributed by atoms with E-state index in [0.29, 0.717) is 32.1 Å². The Hall–Kier alpha value is -2.57. The van der Waals surface area contributed by atoms with Crippen LogP contribution in [-0.4, -0.2) is 32.8 Å². The van der Waals surface area contributed by atoms with Crippen molar-refractivity contribution in [3.8, 4) is 11.5 Å². The van der Waals surface area contributed by atoms with Gasteiger partial charge in [0.2, 0.25) is 0 Å². The number of aryl methyl sites for hydroxylation is 2. The standard InChI is InChI=1S/C25H31NO5/c1-5-6-12-29-20-11-10-19(15-21(20)28-4)16-26-23-18(3)9-8-17(2)22(23)25(24(26)27)30-13-7-14-31-25/h8-11,15H,5-7,12-14,16H2,1-4H3. The van der Waals surface area contributed by atoms with E-state index in [4.69, 9.17) is 18.9 Å². The zero-order valence-corrected chi connectivity index (χ0v) is 18.8. The number of hydrogen-bond acceptors (Lipinski definition) is 5. The predicted octanol–water partition coefficient (Wildman–Crippen LogP) is 4.63. The third-order valence-electron chi connectivity index (χ3n) is 5.94. The number of carbonyl (C=O) groups is 1. The lowest BCUT2D eigenvalue weighted by Crippen LogP contribution is -2.47. The maximum atomic E-state index is 13.7. The first-order chi connectivity index (χ1) is 15.0. The minimum Gasteiger partial charge on any atom is -0.493 e. The Bertz CT molecular complexity index is 965. The SMILES string of the molecule is CCCCOc1ccc(CN2C(=O)C3(OCCCO3)c3c(C)ccc(C)c32)cc1OC. The number of rotatable bonds is 7. The van der Waals surface area contributed by atoms with Gasteiger partial charge in [0.1, 0.15) is 0 Å². The van der Waals surface area contributed by atoms with Gasteiger partial charge in [0.25, 0.3) is 11.7 Å². The number of benzene rings is 2. The van der Waals surface area contributed by atoms with Gasteiger partial charge in [0, 0.05) is 5.56 Å². The van der Waals surface area contributed by atoms with Gasteiger partial charge in [-0.3, -0.25) is 4.79 Å². The van der Waals surface area contributed by atoms with Crippen LogP contribution >= 0.6 is 0 Å². The van der Waals surface area contributed by atoms with Crippen LogP contribution in [0.25, 0.3) is 0 Å². The third-order valence-corrected chi connectivity index (χ3v) is 5.94. The predicted molar refractivity (Wildman–Crippen MR) is 119 cm³/mol. The number of hydrogen-bond donors (Lipinski definition) is 0. The van der Waals surface area contributed by atoms with Gasteiger partial charge in [-0.1, -0.05) is 31.5 Å². The summed E-state index contributed by atoms with van der Waals surface area (Å²) >= 11 is 0. The zero-order chi connectivity index (χ0) is 22.0. The van der Waals surface area contributed by atoms with E-state index in [9.17, 15) is 4.79 Å². The van der Waals surface area contributed by atoms with Gasteiger partial charge in [0.05, 0.1) is 39.2 Å². The van der Waals surface area contributed by atoms with Crippen LogP contribution < -0.4 is 14.4 Å². The minimum absolute atomic E-state index is 0.165. The topological polar surface area (TPSA) is 57.2 Å². The van der Waals surface area contributed by atoms with E-state index in [1.165, 1.54) is 0 Å². The van der Waals surface area contributed by atoms with E-state index in [1.807, 2.05) is 44.2 Å². The van der Waals surface area contributed by atoms with Crippen LogP contribution in [0.3, 0.4) is 0 Å². The Balaban J connectivity index is 1.68. The molecule has 2 aromatic rings. The number of carbonyl (C=O) groups excluding carboxylic acids is 1. The van der Waals surface area contributed by atoms with E-state index in [1.54, 1.807) is 12.0 Å². The van der Waals surface area contributed by atoms with Crippen molar-refractivity contribution in [3.05, 3.63) is 52.6 Å². The molecule has 1 amide bonds. The van der Waals surface area contributed by atoms with E-state index in [-0.39, 0.29) is 5.91 Å². The largest absolute Gasteiger partial charge is 0.493 e. The Kier molecular flexibility index (Phi) is 6.21. The second-order valence-corrected chi connectivity index (χ2v) is 8.17. The first-order valence-electron chi connectivity index (χ1n) is 11.0. The second kappa shape index (κ2) is 8.89. The molecule has 4 rings (SSSR count). The molecule has 0 atom stereocenters. The van der Waals surface area contributed by atoms with E-state index in [0.717, 1.165) is 53.0 Å². The van der Waals surface area contributed by atoms with E-state index < -0.39 is 5.79 Å². The molecular formula is C25H31NO5. The molecule has 0 radical (unpaired) electrons. The summed E-state index contributed by atoms with van der Waals surface area (Å²) in [6.45, 7) is 8.21. The van der Waals surface area contributed by atoms with E-state index >= 15 is 0 Å². The summed E-state index contributed by atoms with van der Waals surface area (Å²) < 4.78 is 23.5. The summed E-state index contributed by atoms with van der Waals surface area (Å²) in [5.74, 6) is -0.116. The highest BCUT2D eigenvalue weighted by Gasteiger charge is 2.56. The van der Waals surface area contributed by atoms with Gasteiger partial charge >= 0.3 is 0 Å². The Morgan fingerprint density at radius 1 is 1.06 bits per heavy atom. The fourth-order valence-electron chi connectivity index (χ4n) is 4.34. The highest BCUT2D eigenvalue weighted by molar-refractivity contribution is 6.07. The van der Waals surface area contributed by atoms with Crippen LogP contribution in [0.2, 0.25) is 0 Å². The smallest absolute Gasteiger partial charge is 0.292 e. The molecule has 31 heavy (non-hydrogen) atoms. The molecule has 0 saturated carbocycles. The van der Waals surface area contributed by atoms with Gasteiger partial charge < -0.3 is 23.8 Å². The molecular weight excluding hydrogens is 394 g/mol. The number of nitrogens with zero attached hydrogens (tertiary/aromatic N) is 1.